The van der Waals surface area contributed by atoms with E-state index in [4.69, 9.17) is 5.73 Å². The molecule has 0 atom stereocenters. The van der Waals surface area contributed by atoms with Crippen LogP contribution in [0.1, 0.15) is 39.9 Å². The summed E-state index contributed by atoms with van der Waals surface area (Å²) in [5, 5.41) is 0. The van der Waals surface area contributed by atoms with E-state index in [0.717, 1.165) is 0 Å². The summed E-state index contributed by atoms with van der Waals surface area (Å²) in [4.78, 5) is 11.6. The van der Waals surface area contributed by atoms with E-state index in [1.54, 1.807) is 36.4 Å². The Hall–Kier alpha value is -2.74. The molecule has 1 aliphatic rings. The van der Waals surface area contributed by atoms with Crippen LogP contribution in [-0.4, -0.2) is 11.8 Å². The predicted octanol–water partition coefficient (Wildman–Crippen LogP) is 3.91. The van der Waals surface area contributed by atoms with E-state index in [9.17, 15) is 18.0 Å². The number of primary amides is 1. The summed E-state index contributed by atoms with van der Waals surface area (Å²) in [5.74, 6) is 1.77. The third-order valence-electron chi connectivity index (χ3n) is 4.27. The summed E-state index contributed by atoms with van der Waals surface area (Å²) in [6, 6.07) is 11.0. The quantitative estimate of drug-likeness (QED) is 0.844. The number of hydrogen-bond acceptors (Lipinski definition) is 1. The number of carbonyl (C=O) groups is 1. The van der Waals surface area contributed by atoms with Crippen molar-refractivity contribution in [2.45, 2.75) is 25.2 Å². The van der Waals surface area contributed by atoms with Crippen LogP contribution < -0.4 is 5.73 Å². The molecular formula is C20H16F3NO. The average Bonchev–Trinajstić information content (AvgIpc) is 2.52. The Kier molecular flexibility index (Phi) is 4.54. The van der Waals surface area contributed by atoms with Crippen LogP contribution in [0.5, 0.6) is 0 Å². The van der Waals surface area contributed by atoms with Gasteiger partial charge in [0.15, 0.2) is 0 Å². The number of hydrogen-bond donors (Lipinski definition) is 1. The van der Waals surface area contributed by atoms with Crippen molar-refractivity contribution in [1.29, 1.82) is 0 Å². The molecule has 1 aliphatic carbocycles. The van der Waals surface area contributed by atoms with Crippen molar-refractivity contribution in [1.82, 2.24) is 0 Å². The molecule has 0 radical (unpaired) electrons. The Bertz CT molecular complexity index is 872. The monoisotopic (exact) mass is 343 g/mol. The minimum Gasteiger partial charge on any atom is -0.366 e. The lowest BCUT2D eigenvalue weighted by Crippen LogP contribution is -2.36. The molecule has 0 unspecified atom stereocenters. The van der Waals surface area contributed by atoms with Crippen LogP contribution in [0.2, 0.25) is 0 Å². The first kappa shape index (κ1) is 17.1. The Labute approximate surface area is 143 Å². The van der Waals surface area contributed by atoms with Crippen molar-refractivity contribution in [3.05, 3.63) is 70.5 Å². The molecule has 2 aromatic carbocycles. The second kappa shape index (κ2) is 6.64. The van der Waals surface area contributed by atoms with Crippen LogP contribution in [0.3, 0.4) is 0 Å². The molecule has 1 saturated carbocycles. The number of carbonyl (C=O) groups excluding carboxylic acids is 1. The Morgan fingerprint density at radius 2 is 1.88 bits per heavy atom. The molecule has 0 aliphatic heterocycles. The standard InChI is InChI=1S/C20H16F3NO/c21-18-4-2-1-3-15(18)7-5-13-6-8-17(19(24)25)16(9-13)10-14-11-20(22,23)12-14/h1-4,6,8-9,14H,10-12H2,(H2,24,25). The second-order valence-corrected chi connectivity index (χ2v) is 6.30. The highest BCUT2D eigenvalue weighted by Gasteiger charge is 2.45. The lowest BCUT2D eigenvalue weighted by molar-refractivity contribution is -0.109. The molecule has 0 saturated heterocycles. The van der Waals surface area contributed by atoms with E-state index in [1.807, 2.05) is 0 Å². The first-order valence-corrected chi connectivity index (χ1v) is 7.91. The largest absolute Gasteiger partial charge is 0.366 e. The van der Waals surface area contributed by atoms with Crippen LogP contribution in [0, 0.1) is 23.6 Å². The van der Waals surface area contributed by atoms with Gasteiger partial charge in [0, 0.05) is 24.0 Å². The molecule has 128 valence electrons. The van der Waals surface area contributed by atoms with Gasteiger partial charge >= 0.3 is 0 Å². The second-order valence-electron chi connectivity index (χ2n) is 6.30. The lowest BCUT2D eigenvalue weighted by atomic mass is 9.76. The van der Waals surface area contributed by atoms with Crippen molar-refractivity contribution in [2.24, 2.45) is 11.7 Å². The van der Waals surface area contributed by atoms with Crippen molar-refractivity contribution in [3.8, 4) is 11.8 Å². The number of amides is 1. The smallest absolute Gasteiger partial charge is 0.248 e. The molecular weight excluding hydrogens is 327 g/mol. The van der Waals surface area contributed by atoms with Crippen molar-refractivity contribution in [2.75, 3.05) is 0 Å². The number of halogens is 3. The van der Waals surface area contributed by atoms with Gasteiger partial charge in [0.1, 0.15) is 5.82 Å². The van der Waals surface area contributed by atoms with Gasteiger partial charge in [0.05, 0.1) is 5.56 Å². The summed E-state index contributed by atoms with van der Waals surface area (Å²) in [7, 11) is 0. The van der Waals surface area contributed by atoms with Gasteiger partial charge in [-0.1, -0.05) is 24.0 Å². The third-order valence-corrected chi connectivity index (χ3v) is 4.27. The fourth-order valence-corrected chi connectivity index (χ4v) is 3.02. The maximum atomic E-state index is 13.6. The third kappa shape index (κ3) is 4.03. The lowest BCUT2D eigenvalue weighted by Gasteiger charge is -2.35. The summed E-state index contributed by atoms with van der Waals surface area (Å²) in [6.07, 6.45) is -0.0181. The van der Waals surface area contributed by atoms with Gasteiger partial charge in [-0.25, -0.2) is 13.2 Å². The summed E-state index contributed by atoms with van der Waals surface area (Å²) >= 11 is 0. The van der Waals surface area contributed by atoms with E-state index in [1.165, 1.54) is 6.07 Å². The summed E-state index contributed by atoms with van der Waals surface area (Å²) < 4.78 is 39.7. The van der Waals surface area contributed by atoms with Gasteiger partial charge in [-0.2, -0.15) is 0 Å². The van der Waals surface area contributed by atoms with Crippen molar-refractivity contribution < 1.29 is 18.0 Å². The average molecular weight is 343 g/mol. The molecule has 2 aromatic rings. The maximum Gasteiger partial charge on any atom is 0.248 e. The predicted molar refractivity (Wildman–Crippen MR) is 88.7 cm³/mol. The zero-order chi connectivity index (χ0) is 18.0. The minimum atomic E-state index is -2.61. The van der Waals surface area contributed by atoms with Gasteiger partial charge in [-0.15, -0.1) is 0 Å². The van der Waals surface area contributed by atoms with Gasteiger partial charge < -0.3 is 5.73 Å². The number of benzene rings is 2. The van der Waals surface area contributed by atoms with Gasteiger partial charge in [-0.05, 0) is 48.2 Å². The molecule has 0 heterocycles. The van der Waals surface area contributed by atoms with Crippen LogP contribution in [-0.2, 0) is 6.42 Å². The number of nitrogens with two attached hydrogens (primary N) is 1. The molecule has 5 heteroatoms. The zero-order valence-corrected chi connectivity index (χ0v) is 13.4. The molecule has 0 spiro atoms. The molecule has 2 N–H and O–H groups in total. The highest BCUT2D eigenvalue weighted by Crippen LogP contribution is 2.44. The summed E-state index contributed by atoms with van der Waals surface area (Å²) in [5.41, 5.74) is 7.13. The first-order chi connectivity index (χ1) is 11.8. The molecule has 3 rings (SSSR count). The first-order valence-electron chi connectivity index (χ1n) is 7.91. The molecule has 0 aromatic heterocycles. The number of rotatable bonds is 3. The fraction of sp³-hybridized carbons (Fsp3) is 0.250. The molecule has 2 nitrogen and oxygen atoms in total. The topological polar surface area (TPSA) is 43.1 Å². The van der Waals surface area contributed by atoms with E-state index < -0.39 is 17.6 Å². The van der Waals surface area contributed by atoms with Gasteiger partial charge in [0.25, 0.3) is 0 Å². The van der Waals surface area contributed by atoms with E-state index in [2.05, 4.69) is 11.8 Å². The molecule has 1 amide bonds. The SMILES string of the molecule is NC(=O)c1ccc(C#Cc2ccccc2F)cc1CC1CC(F)(F)C1. The Balaban J connectivity index is 1.86. The molecule has 25 heavy (non-hydrogen) atoms. The van der Waals surface area contributed by atoms with Crippen molar-refractivity contribution in [3.63, 3.8) is 0 Å². The van der Waals surface area contributed by atoms with Gasteiger partial charge in [-0.3, -0.25) is 4.79 Å². The highest BCUT2D eigenvalue weighted by atomic mass is 19.3. The Morgan fingerprint density at radius 3 is 2.52 bits per heavy atom. The highest BCUT2D eigenvalue weighted by molar-refractivity contribution is 5.94. The normalized spacial score (nSPS) is 15.8. The van der Waals surface area contributed by atoms with E-state index >= 15 is 0 Å². The van der Waals surface area contributed by atoms with E-state index in [0.29, 0.717) is 23.1 Å². The number of alkyl halides is 2. The fourth-order valence-electron chi connectivity index (χ4n) is 3.02. The minimum absolute atomic E-state index is 0.178. The van der Waals surface area contributed by atoms with Gasteiger partial charge in [0.2, 0.25) is 11.8 Å². The summed E-state index contributed by atoms with van der Waals surface area (Å²) in [6.45, 7) is 0. The van der Waals surface area contributed by atoms with Crippen LogP contribution in [0.15, 0.2) is 42.5 Å². The van der Waals surface area contributed by atoms with Crippen LogP contribution in [0.25, 0.3) is 0 Å². The van der Waals surface area contributed by atoms with Crippen LogP contribution >= 0.6 is 0 Å². The van der Waals surface area contributed by atoms with E-state index in [-0.39, 0.29) is 24.3 Å². The zero-order valence-electron chi connectivity index (χ0n) is 13.4. The van der Waals surface area contributed by atoms with Crippen LogP contribution in [0.4, 0.5) is 13.2 Å². The maximum absolute atomic E-state index is 13.6. The van der Waals surface area contributed by atoms with Crippen molar-refractivity contribution >= 4 is 5.91 Å². The Morgan fingerprint density at radius 1 is 1.16 bits per heavy atom. The molecule has 0 bridgehead atoms. The molecule has 1 fully saturated rings.